The molecule has 2 aliphatic rings. The summed E-state index contributed by atoms with van der Waals surface area (Å²) in [6.07, 6.45) is 4.51. The maximum absolute atomic E-state index is 13.4. The summed E-state index contributed by atoms with van der Waals surface area (Å²) in [6, 6.07) is 7.03. The van der Waals surface area contributed by atoms with Crippen LogP contribution in [0.15, 0.2) is 35.9 Å². The maximum Gasteiger partial charge on any atom is 0.247 e. The highest BCUT2D eigenvalue weighted by molar-refractivity contribution is 14.1. The Morgan fingerprint density at radius 3 is 2.58 bits per heavy atom. The minimum atomic E-state index is -0.966. The van der Waals surface area contributed by atoms with Crippen molar-refractivity contribution >= 4 is 34.4 Å². The summed E-state index contributed by atoms with van der Waals surface area (Å²) in [7, 11) is 0. The van der Waals surface area contributed by atoms with Gasteiger partial charge in [-0.15, -0.1) is 0 Å². The molecule has 0 heterocycles. The first kappa shape index (κ1) is 26.0. The molecular weight excluding hydrogens is 535 g/mol. The summed E-state index contributed by atoms with van der Waals surface area (Å²) >= 11 is 2.17. The van der Waals surface area contributed by atoms with Crippen LogP contribution in [0.3, 0.4) is 0 Å². The van der Waals surface area contributed by atoms with E-state index in [0.29, 0.717) is 17.7 Å². The average Bonchev–Trinajstić information content (AvgIpc) is 3.29. The number of ether oxygens (including phenoxy) is 1. The highest BCUT2D eigenvalue weighted by Gasteiger charge is 2.43. The van der Waals surface area contributed by atoms with Crippen molar-refractivity contribution < 1.29 is 24.5 Å². The largest absolute Gasteiger partial charge is 0.482 e. The first-order chi connectivity index (χ1) is 15.8. The zero-order chi connectivity index (χ0) is 24.0. The van der Waals surface area contributed by atoms with Crippen LogP contribution in [0.2, 0.25) is 0 Å². The van der Waals surface area contributed by atoms with Crippen LogP contribution in [-0.2, 0) is 9.59 Å². The summed E-state index contributed by atoms with van der Waals surface area (Å²) < 4.78 is 7.08. The van der Waals surface area contributed by atoms with E-state index < -0.39 is 18.2 Å². The monoisotopic (exact) mass is 570 g/mol. The van der Waals surface area contributed by atoms with Gasteiger partial charge in [0.05, 0.1) is 16.2 Å². The van der Waals surface area contributed by atoms with Gasteiger partial charge in [-0.3, -0.25) is 9.59 Å². The van der Waals surface area contributed by atoms with Crippen molar-refractivity contribution in [3.63, 3.8) is 0 Å². The number of rotatable bonds is 9. The van der Waals surface area contributed by atoms with Crippen LogP contribution in [0.25, 0.3) is 0 Å². The molecule has 0 aromatic heterocycles. The summed E-state index contributed by atoms with van der Waals surface area (Å²) in [5.74, 6) is 0.532. The van der Waals surface area contributed by atoms with Gasteiger partial charge in [-0.2, -0.15) is 0 Å². The normalized spacial score (nSPS) is 23.3. The first-order valence-corrected chi connectivity index (χ1v) is 12.9. The fourth-order valence-corrected chi connectivity index (χ4v) is 5.25. The first-order valence-electron chi connectivity index (χ1n) is 11.8. The van der Waals surface area contributed by atoms with Gasteiger partial charge in [-0.25, -0.2) is 0 Å². The number of nitrogens with one attached hydrogen (secondary N) is 1. The van der Waals surface area contributed by atoms with Gasteiger partial charge in [0.15, 0.2) is 0 Å². The molecule has 7 nitrogen and oxygen atoms in total. The molecule has 1 aromatic carbocycles. The van der Waals surface area contributed by atoms with Gasteiger partial charge in [0, 0.05) is 31.0 Å². The minimum absolute atomic E-state index is 0.0195. The van der Waals surface area contributed by atoms with E-state index in [-0.39, 0.29) is 43.3 Å². The molecule has 8 heteroatoms. The van der Waals surface area contributed by atoms with Crippen LogP contribution in [0.1, 0.15) is 52.4 Å². The van der Waals surface area contributed by atoms with Gasteiger partial charge < -0.3 is 25.2 Å². The van der Waals surface area contributed by atoms with E-state index in [4.69, 9.17) is 9.84 Å². The molecule has 1 saturated carbocycles. The number of halogens is 1. The molecule has 1 aromatic rings. The molecular formula is C25H35IN2O5. The number of aliphatic hydroxyl groups excluding tert-OH is 2. The molecule has 0 unspecified atom stereocenters. The molecule has 0 bridgehead atoms. The Hall–Kier alpha value is -1.65. The molecule has 182 valence electrons. The second-order valence-electron chi connectivity index (χ2n) is 9.28. The Morgan fingerprint density at radius 1 is 1.24 bits per heavy atom. The second-order valence-corrected chi connectivity index (χ2v) is 10.4. The summed E-state index contributed by atoms with van der Waals surface area (Å²) in [6.45, 7) is 4.01. The van der Waals surface area contributed by atoms with E-state index in [1.165, 1.54) is 0 Å². The Morgan fingerprint density at radius 2 is 1.94 bits per heavy atom. The van der Waals surface area contributed by atoms with Crippen LogP contribution < -0.4 is 10.1 Å². The molecule has 3 atom stereocenters. The number of benzene rings is 1. The van der Waals surface area contributed by atoms with Crippen molar-refractivity contribution in [2.75, 3.05) is 13.2 Å². The van der Waals surface area contributed by atoms with E-state index in [0.717, 1.165) is 29.3 Å². The number of nitrogens with zero attached hydrogens (tertiary/aromatic N) is 1. The third-order valence-corrected chi connectivity index (χ3v) is 7.15. The number of carbonyl (C=O) groups excluding carboxylic acids is 2. The van der Waals surface area contributed by atoms with Crippen LogP contribution >= 0.6 is 22.6 Å². The zero-order valence-corrected chi connectivity index (χ0v) is 21.5. The highest BCUT2D eigenvalue weighted by Crippen LogP contribution is 2.34. The lowest BCUT2D eigenvalue weighted by Gasteiger charge is -2.43. The number of para-hydroxylation sites is 1. The van der Waals surface area contributed by atoms with E-state index in [9.17, 15) is 14.7 Å². The predicted octanol–water partition coefficient (Wildman–Crippen LogP) is 3.02. The Labute approximate surface area is 209 Å². The third kappa shape index (κ3) is 6.70. The number of hydrogen-bond acceptors (Lipinski definition) is 5. The number of carbonyl (C=O) groups is 2. The van der Waals surface area contributed by atoms with Crippen LogP contribution in [0.4, 0.5) is 0 Å². The van der Waals surface area contributed by atoms with Crippen LogP contribution in [-0.4, -0.2) is 64.4 Å². The predicted molar refractivity (Wildman–Crippen MR) is 135 cm³/mol. The zero-order valence-electron chi connectivity index (χ0n) is 19.4. The van der Waals surface area contributed by atoms with Gasteiger partial charge >= 0.3 is 0 Å². The molecule has 0 spiro atoms. The fourth-order valence-electron chi connectivity index (χ4n) is 4.73. The molecule has 33 heavy (non-hydrogen) atoms. The van der Waals surface area contributed by atoms with Crippen LogP contribution in [0.5, 0.6) is 5.75 Å². The SMILES string of the molecule is CC(C)CC(=O)N(C1CCCC1)[C@@H]1CC(C(=O)NCCO)=C[C@H](Oc2ccccc2I)[C@H]1O. The lowest BCUT2D eigenvalue weighted by molar-refractivity contribution is -0.142. The Bertz CT molecular complexity index is 853. The van der Waals surface area contributed by atoms with E-state index >= 15 is 0 Å². The van der Waals surface area contributed by atoms with E-state index in [1.807, 2.05) is 43.0 Å². The molecule has 0 aliphatic heterocycles. The fraction of sp³-hybridized carbons (Fsp3) is 0.600. The van der Waals surface area contributed by atoms with Gasteiger partial charge in [-0.1, -0.05) is 38.8 Å². The molecule has 2 amide bonds. The summed E-state index contributed by atoms with van der Waals surface area (Å²) in [4.78, 5) is 28.1. The van der Waals surface area contributed by atoms with Crippen LogP contribution in [0, 0.1) is 9.49 Å². The van der Waals surface area contributed by atoms with Crippen molar-refractivity contribution in [1.29, 1.82) is 0 Å². The highest BCUT2D eigenvalue weighted by atomic mass is 127. The molecule has 1 fully saturated rings. The standard InChI is InChI=1S/C25H35IN2O5/c1-16(2)13-23(30)28(18-7-3-4-8-18)20-14-17(25(32)27-11-12-29)15-22(24(20)31)33-21-10-6-5-9-19(21)26/h5-6,9-10,15-16,18,20,22,24,29,31H,3-4,7-8,11-14H2,1-2H3,(H,27,32)/t20-,22+,24+/m1/s1. The molecule has 3 N–H and O–H groups in total. The number of amides is 2. The summed E-state index contributed by atoms with van der Waals surface area (Å²) in [5.41, 5.74) is 0.468. The van der Waals surface area contributed by atoms with Gasteiger partial charge in [0.1, 0.15) is 18.0 Å². The summed E-state index contributed by atoms with van der Waals surface area (Å²) in [5, 5.41) is 23.3. The topological polar surface area (TPSA) is 99.1 Å². The van der Waals surface area contributed by atoms with Crippen molar-refractivity contribution in [2.24, 2.45) is 5.92 Å². The van der Waals surface area contributed by atoms with Crippen molar-refractivity contribution in [2.45, 2.75) is 76.7 Å². The van der Waals surface area contributed by atoms with Crippen molar-refractivity contribution in [1.82, 2.24) is 10.2 Å². The molecule has 3 rings (SSSR count). The van der Waals surface area contributed by atoms with Crippen molar-refractivity contribution in [3.8, 4) is 5.75 Å². The van der Waals surface area contributed by atoms with E-state index in [1.54, 1.807) is 6.08 Å². The van der Waals surface area contributed by atoms with Gasteiger partial charge in [0.2, 0.25) is 11.8 Å². The maximum atomic E-state index is 13.4. The smallest absolute Gasteiger partial charge is 0.247 e. The Balaban J connectivity index is 1.94. The number of aliphatic hydroxyl groups is 2. The number of hydrogen-bond donors (Lipinski definition) is 3. The molecule has 0 saturated heterocycles. The minimum Gasteiger partial charge on any atom is -0.482 e. The lowest BCUT2D eigenvalue weighted by atomic mass is 9.86. The lowest BCUT2D eigenvalue weighted by Crippen LogP contribution is -2.57. The van der Waals surface area contributed by atoms with Gasteiger partial charge in [0.25, 0.3) is 0 Å². The Kier molecular flexibility index (Phi) is 9.57. The van der Waals surface area contributed by atoms with Gasteiger partial charge in [-0.05, 0) is 59.6 Å². The molecule has 2 aliphatic carbocycles. The molecule has 0 radical (unpaired) electrons. The van der Waals surface area contributed by atoms with E-state index in [2.05, 4.69) is 27.9 Å². The van der Waals surface area contributed by atoms with Crippen molar-refractivity contribution in [3.05, 3.63) is 39.5 Å². The second kappa shape index (κ2) is 12.2. The quantitative estimate of drug-likeness (QED) is 0.397. The third-order valence-electron chi connectivity index (χ3n) is 6.26. The average molecular weight is 570 g/mol.